The molecule has 0 saturated carbocycles. The van der Waals surface area contributed by atoms with Crippen molar-refractivity contribution >= 4 is 23.2 Å². The Labute approximate surface area is 144 Å². The van der Waals surface area contributed by atoms with Gasteiger partial charge in [0, 0.05) is 37.1 Å². The Balaban J connectivity index is 1.81. The monoisotopic (exact) mass is 335 g/mol. The molecular weight excluding hydrogens is 318 g/mol. The van der Waals surface area contributed by atoms with Crippen LogP contribution in [-0.2, 0) is 11.2 Å². The number of hydrogen-bond acceptors (Lipinski definition) is 3. The van der Waals surface area contributed by atoms with E-state index in [9.17, 15) is 14.7 Å². The van der Waals surface area contributed by atoms with Gasteiger partial charge >= 0.3 is 5.97 Å². The Bertz CT molecular complexity index is 1010. The summed E-state index contributed by atoms with van der Waals surface area (Å²) in [5.41, 5.74) is 4.31. The number of benzene rings is 1. The number of pyridine rings is 1. The third-order valence-corrected chi connectivity index (χ3v) is 4.59. The van der Waals surface area contributed by atoms with Gasteiger partial charge in [0.1, 0.15) is 5.56 Å². The molecular formula is C19H17N3O3. The molecule has 3 heterocycles. The van der Waals surface area contributed by atoms with Crippen LogP contribution in [-0.4, -0.2) is 32.9 Å². The van der Waals surface area contributed by atoms with E-state index in [2.05, 4.69) is 4.98 Å². The molecule has 1 aliphatic heterocycles. The Kier molecular flexibility index (Phi) is 3.53. The lowest BCUT2D eigenvalue weighted by atomic mass is 9.98. The highest BCUT2D eigenvalue weighted by Gasteiger charge is 2.21. The first-order chi connectivity index (χ1) is 12.0. The highest BCUT2D eigenvalue weighted by atomic mass is 16.4. The van der Waals surface area contributed by atoms with Crippen molar-refractivity contribution < 1.29 is 14.7 Å². The average Bonchev–Trinajstić information content (AvgIpc) is 3.04. The molecule has 126 valence electrons. The number of fused-ring (bicyclic) bond motifs is 2. The van der Waals surface area contributed by atoms with Gasteiger partial charge in [0.2, 0.25) is 5.91 Å². The molecule has 0 radical (unpaired) electrons. The minimum absolute atomic E-state index is 0.0486. The molecule has 3 aromatic rings. The van der Waals surface area contributed by atoms with Crippen molar-refractivity contribution in [1.29, 1.82) is 0 Å². The Morgan fingerprint density at radius 3 is 2.84 bits per heavy atom. The van der Waals surface area contributed by atoms with Crippen LogP contribution in [0.1, 0.15) is 29.3 Å². The van der Waals surface area contributed by atoms with Crippen LogP contribution in [0.4, 0.5) is 5.69 Å². The van der Waals surface area contributed by atoms with E-state index < -0.39 is 5.97 Å². The fraction of sp³-hybridized carbons (Fsp3) is 0.211. The summed E-state index contributed by atoms with van der Waals surface area (Å²) in [7, 11) is 0. The molecule has 25 heavy (non-hydrogen) atoms. The van der Waals surface area contributed by atoms with Crippen molar-refractivity contribution in [3.8, 4) is 11.3 Å². The van der Waals surface area contributed by atoms with E-state index in [0.29, 0.717) is 5.65 Å². The van der Waals surface area contributed by atoms with Crippen molar-refractivity contribution in [2.45, 2.75) is 19.8 Å². The van der Waals surface area contributed by atoms with E-state index in [4.69, 9.17) is 0 Å². The lowest BCUT2D eigenvalue weighted by molar-refractivity contribution is -0.116. The van der Waals surface area contributed by atoms with Crippen molar-refractivity contribution in [1.82, 2.24) is 9.38 Å². The second kappa shape index (κ2) is 5.73. The maximum Gasteiger partial charge on any atom is 0.339 e. The molecule has 6 nitrogen and oxygen atoms in total. The van der Waals surface area contributed by atoms with Crippen LogP contribution < -0.4 is 4.90 Å². The summed E-state index contributed by atoms with van der Waals surface area (Å²) in [4.78, 5) is 29.5. The number of carbonyl (C=O) groups is 2. The smallest absolute Gasteiger partial charge is 0.339 e. The summed E-state index contributed by atoms with van der Waals surface area (Å²) in [5, 5.41) is 9.31. The second-order valence-corrected chi connectivity index (χ2v) is 6.20. The molecule has 2 aromatic heterocycles. The van der Waals surface area contributed by atoms with Gasteiger partial charge in [-0.25, -0.2) is 9.78 Å². The molecule has 0 saturated heterocycles. The Morgan fingerprint density at radius 2 is 2.08 bits per heavy atom. The van der Waals surface area contributed by atoms with Crippen LogP contribution in [0.3, 0.4) is 0 Å². The zero-order chi connectivity index (χ0) is 17.6. The number of amides is 1. The van der Waals surface area contributed by atoms with Crippen LogP contribution in [0.25, 0.3) is 16.9 Å². The lowest BCUT2D eigenvalue weighted by Gasteiger charge is -2.28. The fourth-order valence-corrected chi connectivity index (χ4v) is 3.40. The van der Waals surface area contributed by atoms with E-state index in [-0.39, 0.29) is 11.5 Å². The highest BCUT2D eigenvalue weighted by Crippen LogP contribution is 2.31. The largest absolute Gasteiger partial charge is 0.478 e. The van der Waals surface area contributed by atoms with Crippen LogP contribution >= 0.6 is 0 Å². The van der Waals surface area contributed by atoms with Gasteiger partial charge in [0.05, 0.1) is 5.69 Å². The minimum Gasteiger partial charge on any atom is -0.478 e. The molecule has 0 aliphatic carbocycles. The quantitative estimate of drug-likeness (QED) is 0.781. The summed E-state index contributed by atoms with van der Waals surface area (Å²) in [5.74, 6) is -0.946. The van der Waals surface area contributed by atoms with E-state index in [1.54, 1.807) is 34.6 Å². The minimum atomic E-state index is -0.995. The zero-order valence-electron chi connectivity index (χ0n) is 13.8. The van der Waals surface area contributed by atoms with Gasteiger partial charge in [-0.2, -0.15) is 0 Å². The van der Waals surface area contributed by atoms with E-state index in [0.717, 1.165) is 41.9 Å². The summed E-state index contributed by atoms with van der Waals surface area (Å²) in [6.07, 6.45) is 5.47. The number of carbonyl (C=O) groups excluding carboxylic acids is 1. The van der Waals surface area contributed by atoms with Crippen LogP contribution in [0.15, 0.2) is 42.7 Å². The summed E-state index contributed by atoms with van der Waals surface area (Å²) >= 11 is 0. The molecule has 1 aromatic carbocycles. The number of imidazole rings is 1. The number of nitrogens with zero attached hydrogens (tertiary/aromatic N) is 3. The fourth-order valence-electron chi connectivity index (χ4n) is 3.40. The number of carboxylic acid groups (broad SMARTS) is 1. The topological polar surface area (TPSA) is 74.9 Å². The number of aryl methyl sites for hydroxylation is 1. The predicted molar refractivity (Wildman–Crippen MR) is 93.9 cm³/mol. The standard InChI is InChI=1S/C19H17N3O3/c1-12(23)22-9-2-4-14-10-13(6-7-17(14)22)16-11-21-8-3-5-15(19(24)25)18(21)20-16/h3,5-8,10-11H,2,4,9H2,1H3,(H,24,25). The first-order valence-corrected chi connectivity index (χ1v) is 8.17. The third-order valence-electron chi connectivity index (χ3n) is 4.59. The summed E-state index contributed by atoms with van der Waals surface area (Å²) < 4.78 is 1.72. The van der Waals surface area contributed by atoms with Crippen molar-refractivity contribution in [2.75, 3.05) is 11.4 Å². The zero-order valence-corrected chi connectivity index (χ0v) is 13.8. The molecule has 6 heteroatoms. The molecule has 0 spiro atoms. The molecule has 0 bridgehead atoms. The first kappa shape index (κ1) is 15.4. The molecule has 1 N–H and O–H groups in total. The van der Waals surface area contributed by atoms with Crippen LogP contribution in [0, 0.1) is 0 Å². The van der Waals surface area contributed by atoms with Crippen molar-refractivity contribution in [2.24, 2.45) is 0 Å². The van der Waals surface area contributed by atoms with Gasteiger partial charge in [0.15, 0.2) is 5.65 Å². The van der Waals surface area contributed by atoms with Gasteiger partial charge in [-0.1, -0.05) is 6.07 Å². The maximum absolute atomic E-state index is 11.8. The number of aromatic carboxylic acids is 1. The molecule has 0 atom stereocenters. The van der Waals surface area contributed by atoms with Crippen molar-refractivity contribution in [3.05, 3.63) is 53.9 Å². The second-order valence-electron chi connectivity index (χ2n) is 6.20. The van der Waals surface area contributed by atoms with Crippen LogP contribution in [0.2, 0.25) is 0 Å². The molecule has 1 aliphatic rings. The van der Waals surface area contributed by atoms with Gasteiger partial charge in [0.25, 0.3) is 0 Å². The summed E-state index contributed by atoms with van der Waals surface area (Å²) in [6.45, 7) is 2.33. The van der Waals surface area contributed by atoms with Crippen molar-refractivity contribution in [3.63, 3.8) is 0 Å². The SMILES string of the molecule is CC(=O)N1CCCc2cc(-c3cn4cccc(C(=O)O)c4n3)ccc21. The van der Waals surface area contributed by atoms with Gasteiger partial charge in [-0.15, -0.1) is 0 Å². The Morgan fingerprint density at radius 1 is 1.24 bits per heavy atom. The highest BCUT2D eigenvalue weighted by molar-refractivity contribution is 5.95. The number of anilines is 1. The molecule has 4 rings (SSSR count). The van der Waals surface area contributed by atoms with E-state index >= 15 is 0 Å². The molecule has 1 amide bonds. The first-order valence-electron chi connectivity index (χ1n) is 8.17. The predicted octanol–water partition coefficient (Wildman–Crippen LogP) is 3.00. The van der Waals surface area contributed by atoms with E-state index in [1.807, 2.05) is 24.4 Å². The number of hydrogen-bond donors (Lipinski definition) is 1. The number of aromatic nitrogens is 2. The van der Waals surface area contributed by atoms with E-state index in [1.165, 1.54) is 0 Å². The maximum atomic E-state index is 11.8. The van der Waals surface area contributed by atoms with Crippen LogP contribution in [0.5, 0.6) is 0 Å². The normalized spacial score (nSPS) is 13.7. The van der Waals surface area contributed by atoms with Gasteiger partial charge in [-0.3, -0.25) is 4.79 Å². The Hall–Kier alpha value is -3.15. The number of carboxylic acids is 1. The van der Waals surface area contributed by atoms with Gasteiger partial charge < -0.3 is 14.4 Å². The number of rotatable bonds is 2. The van der Waals surface area contributed by atoms with Gasteiger partial charge in [-0.05, 0) is 42.7 Å². The summed E-state index contributed by atoms with van der Waals surface area (Å²) in [6, 6.07) is 9.17. The third kappa shape index (κ3) is 2.55. The molecule has 0 fully saturated rings. The lowest BCUT2D eigenvalue weighted by Crippen LogP contribution is -2.33. The molecule has 0 unspecified atom stereocenters. The average molecular weight is 335 g/mol.